The molecule has 0 radical (unpaired) electrons. The maximum Gasteiger partial charge on any atom is 0.186 e. The van der Waals surface area contributed by atoms with Crippen LogP contribution in [0.4, 0.5) is 0 Å². The van der Waals surface area contributed by atoms with E-state index in [1.54, 1.807) is 0 Å². The van der Waals surface area contributed by atoms with Crippen LogP contribution in [0.2, 0.25) is 0 Å². The van der Waals surface area contributed by atoms with E-state index in [1.807, 2.05) is 0 Å². The Kier molecular flexibility index (Phi) is 9.71. The molecule has 0 aromatic carbocycles. The summed E-state index contributed by atoms with van der Waals surface area (Å²) in [7, 11) is 0. The van der Waals surface area contributed by atoms with Gasteiger partial charge in [-0.25, -0.2) is 0 Å². The zero-order valence-corrected chi connectivity index (χ0v) is 26.7. The number of ether oxygens (including phenoxy) is 2. The predicted molar refractivity (Wildman–Crippen MR) is 161 cm³/mol. The Labute approximate surface area is 249 Å². The fraction of sp³-hybridized carbons (Fsp3) is 0.943. The van der Waals surface area contributed by atoms with Crippen molar-refractivity contribution >= 4 is 0 Å². The van der Waals surface area contributed by atoms with Crippen molar-refractivity contribution in [1.82, 2.24) is 0 Å². The quantitative estimate of drug-likeness (QED) is 0.257. The molecular weight excluding hydrogens is 516 g/mol. The molecule has 1 heterocycles. The van der Waals surface area contributed by atoms with E-state index in [4.69, 9.17) is 9.47 Å². The van der Waals surface area contributed by atoms with Crippen LogP contribution >= 0.6 is 0 Å². The predicted octanol–water partition coefficient (Wildman–Crippen LogP) is 5.85. The molecule has 0 amide bonds. The van der Waals surface area contributed by atoms with Crippen molar-refractivity contribution < 1.29 is 29.9 Å². The lowest BCUT2D eigenvalue weighted by Crippen LogP contribution is -2.60. The van der Waals surface area contributed by atoms with Crippen LogP contribution in [0.1, 0.15) is 112 Å². The maximum absolute atomic E-state index is 10.5. The van der Waals surface area contributed by atoms with Crippen molar-refractivity contribution in [3.63, 3.8) is 0 Å². The highest BCUT2D eigenvalue weighted by molar-refractivity contribution is 5.25. The molecule has 4 aliphatic carbocycles. The lowest BCUT2D eigenvalue weighted by molar-refractivity contribution is -0.313. The van der Waals surface area contributed by atoms with E-state index in [1.165, 1.54) is 56.9 Å². The molecule has 0 aromatic rings. The smallest absolute Gasteiger partial charge is 0.186 e. The number of aliphatic hydroxyl groups is 4. The Hall–Kier alpha value is -0.500. The molecule has 6 heteroatoms. The molecule has 4 N–H and O–H groups in total. The number of hydrogen-bond donors (Lipinski definition) is 4. The van der Waals surface area contributed by atoms with Crippen molar-refractivity contribution in [1.29, 1.82) is 0 Å². The number of fused-ring (bicyclic) bond motifs is 5. The van der Waals surface area contributed by atoms with Crippen LogP contribution in [0, 0.1) is 52.3 Å². The van der Waals surface area contributed by atoms with Crippen molar-refractivity contribution in [2.24, 2.45) is 52.3 Å². The molecule has 5 rings (SSSR count). The minimum Gasteiger partial charge on any atom is -0.394 e. The van der Waals surface area contributed by atoms with Gasteiger partial charge in [-0.1, -0.05) is 66.0 Å². The molecule has 1 saturated heterocycles. The summed E-state index contributed by atoms with van der Waals surface area (Å²) in [5.74, 6) is 5.66. The van der Waals surface area contributed by atoms with E-state index in [-0.39, 0.29) is 11.5 Å². The number of aliphatic hydroxyl groups excluding tert-OH is 4. The molecule has 236 valence electrons. The van der Waals surface area contributed by atoms with Crippen LogP contribution in [0.15, 0.2) is 11.6 Å². The van der Waals surface area contributed by atoms with Crippen LogP contribution in [0.3, 0.4) is 0 Å². The number of rotatable bonds is 9. The second-order valence-corrected chi connectivity index (χ2v) is 15.7. The molecule has 6 nitrogen and oxygen atoms in total. The number of hydrogen-bond acceptors (Lipinski definition) is 6. The minimum atomic E-state index is -1.40. The van der Waals surface area contributed by atoms with Crippen LogP contribution in [0.5, 0.6) is 0 Å². The van der Waals surface area contributed by atoms with Gasteiger partial charge in [0.2, 0.25) is 0 Å². The van der Waals surface area contributed by atoms with Gasteiger partial charge >= 0.3 is 0 Å². The van der Waals surface area contributed by atoms with Gasteiger partial charge in [0, 0.05) is 0 Å². The minimum absolute atomic E-state index is 0.101. The van der Waals surface area contributed by atoms with Crippen LogP contribution in [-0.2, 0) is 9.47 Å². The third-order valence-electron chi connectivity index (χ3n) is 13.5. The van der Waals surface area contributed by atoms with Crippen LogP contribution in [0.25, 0.3) is 0 Å². The molecule has 1 aliphatic heterocycles. The Morgan fingerprint density at radius 2 is 1.71 bits per heavy atom. The Bertz CT molecular complexity index is 918. The summed E-state index contributed by atoms with van der Waals surface area (Å²) in [4.78, 5) is 0. The van der Waals surface area contributed by atoms with Gasteiger partial charge in [0.1, 0.15) is 24.4 Å². The molecule has 0 aromatic heterocycles. The van der Waals surface area contributed by atoms with Gasteiger partial charge in [-0.2, -0.15) is 0 Å². The van der Waals surface area contributed by atoms with Crippen molar-refractivity contribution in [3.05, 3.63) is 11.6 Å². The van der Waals surface area contributed by atoms with Crippen molar-refractivity contribution in [3.8, 4) is 0 Å². The van der Waals surface area contributed by atoms with E-state index < -0.39 is 37.3 Å². The Balaban J connectivity index is 1.24. The first kappa shape index (κ1) is 31.9. The summed E-state index contributed by atoms with van der Waals surface area (Å²) in [6, 6.07) is 0. The largest absolute Gasteiger partial charge is 0.394 e. The van der Waals surface area contributed by atoms with E-state index >= 15 is 0 Å². The fourth-order valence-corrected chi connectivity index (χ4v) is 10.8. The first-order valence-corrected chi connectivity index (χ1v) is 17.1. The van der Waals surface area contributed by atoms with Gasteiger partial charge in [-0.05, 0) is 110 Å². The second-order valence-electron chi connectivity index (χ2n) is 15.7. The molecule has 4 fully saturated rings. The molecule has 41 heavy (non-hydrogen) atoms. The van der Waals surface area contributed by atoms with Crippen molar-refractivity contribution in [2.75, 3.05) is 6.61 Å². The topological polar surface area (TPSA) is 99.4 Å². The van der Waals surface area contributed by atoms with Crippen LogP contribution < -0.4 is 0 Å². The van der Waals surface area contributed by atoms with Gasteiger partial charge in [0.05, 0.1) is 12.7 Å². The van der Waals surface area contributed by atoms with E-state index in [9.17, 15) is 20.4 Å². The van der Waals surface area contributed by atoms with Gasteiger partial charge in [-0.3, -0.25) is 0 Å². The molecule has 0 unspecified atom stereocenters. The highest BCUT2D eigenvalue weighted by Gasteiger charge is 2.59. The molecule has 0 bridgehead atoms. The highest BCUT2D eigenvalue weighted by atomic mass is 16.7. The van der Waals surface area contributed by atoms with Gasteiger partial charge in [0.25, 0.3) is 0 Å². The first-order valence-electron chi connectivity index (χ1n) is 17.1. The third kappa shape index (κ3) is 5.73. The summed E-state index contributed by atoms with van der Waals surface area (Å²) in [5, 5.41) is 40.4. The van der Waals surface area contributed by atoms with E-state index in [0.717, 1.165) is 60.7 Å². The average molecular weight is 577 g/mol. The Morgan fingerprint density at radius 3 is 2.39 bits per heavy atom. The highest BCUT2D eigenvalue weighted by Crippen LogP contribution is 2.67. The third-order valence-corrected chi connectivity index (χ3v) is 13.5. The Morgan fingerprint density at radius 1 is 0.951 bits per heavy atom. The number of allylic oxidation sites excluding steroid dienone is 1. The summed E-state index contributed by atoms with van der Waals surface area (Å²) in [5.41, 5.74) is 2.19. The summed E-state index contributed by atoms with van der Waals surface area (Å²) >= 11 is 0. The average Bonchev–Trinajstić information content (AvgIpc) is 3.30. The zero-order valence-electron chi connectivity index (χ0n) is 26.7. The standard InChI is InChI=1S/C35H60O6/c1-7-22(20(2)3)9-8-21(4)26-12-13-27-25-11-10-23-18-24(14-16-34(23,5)28(25)15-17-35(26,27)6)40-33-32(39)31(38)30(37)29(19-36)41-33/h10,20-22,24-33,36-39H,7-9,11-19H2,1-6H3/t21-,22+,24-,25-,26+,27-,28-,29-,30+,31+,32+,33-,34-,35+/m0/s1. The molecule has 14 atom stereocenters. The first-order chi connectivity index (χ1) is 19.4. The molecular formula is C35H60O6. The van der Waals surface area contributed by atoms with Crippen LogP contribution in [-0.4, -0.2) is 63.8 Å². The normalized spacial score (nSPS) is 47.7. The fourth-order valence-electron chi connectivity index (χ4n) is 10.8. The second kappa shape index (κ2) is 12.5. The van der Waals surface area contributed by atoms with Gasteiger partial charge < -0.3 is 29.9 Å². The summed E-state index contributed by atoms with van der Waals surface area (Å²) in [6.07, 6.45) is 9.92. The monoisotopic (exact) mass is 576 g/mol. The molecule has 5 aliphatic rings. The van der Waals surface area contributed by atoms with Crippen molar-refractivity contribution in [2.45, 2.75) is 149 Å². The molecule has 0 spiro atoms. The lowest BCUT2D eigenvalue weighted by Gasteiger charge is -2.58. The van der Waals surface area contributed by atoms with E-state index in [2.05, 4.69) is 47.6 Å². The van der Waals surface area contributed by atoms with Gasteiger partial charge in [-0.15, -0.1) is 0 Å². The lowest BCUT2D eigenvalue weighted by atomic mass is 9.47. The zero-order chi connectivity index (χ0) is 29.7. The SMILES string of the molecule is CC[C@H](CC[C@H](C)[C@H]1CC[C@H]2[C@@H]3CC=C4C[C@@H](O[C@H]5O[C@@H](CO)[C@@H](O)[C@@H](O)[C@H]5O)CC[C@]4(C)[C@H]3CC[C@]12C)C(C)C. The summed E-state index contributed by atoms with van der Waals surface area (Å²) < 4.78 is 11.9. The van der Waals surface area contributed by atoms with Gasteiger partial charge in [0.15, 0.2) is 6.29 Å². The van der Waals surface area contributed by atoms with E-state index in [0.29, 0.717) is 5.41 Å². The molecule has 3 saturated carbocycles. The summed E-state index contributed by atoms with van der Waals surface area (Å²) in [6.45, 7) is 14.5. The maximum atomic E-state index is 10.5.